The highest BCUT2D eigenvalue weighted by Crippen LogP contribution is 2.46. The number of nitrogens with zero attached hydrogens (tertiary/aromatic N) is 2. The van der Waals surface area contributed by atoms with Gasteiger partial charge in [-0.25, -0.2) is 4.98 Å². The third-order valence-electron chi connectivity index (χ3n) is 7.07. The summed E-state index contributed by atoms with van der Waals surface area (Å²) in [5.41, 5.74) is 1.57. The molecule has 1 N–H and O–H groups in total. The summed E-state index contributed by atoms with van der Waals surface area (Å²) in [7, 11) is 0. The van der Waals surface area contributed by atoms with Gasteiger partial charge in [-0.05, 0) is 67.4 Å². The Kier molecular flexibility index (Phi) is 7.71. The summed E-state index contributed by atoms with van der Waals surface area (Å²) in [5, 5.41) is 11.9. The first-order valence-corrected chi connectivity index (χ1v) is 14.8. The van der Waals surface area contributed by atoms with Gasteiger partial charge in [0, 0.05) is 5.56 Å². The third kappa shape index (κ3) is 5.14. The van der Waals surface area contributed by atoms with Gasteiger partial charge in [0.05, 0.1) is 35.0 Å². The maximum atomic E-state index is 13.7. The van der Waals surface area contributed by atoms with Crippen molar-refractivity contribution in [1.82, 2.24) is 4.98 Å². The van der Waals surface area contributed by atoms with Crippen LogP contribution in [0, 0.1) is 0 Å². The molecule has 6 rings (SSSR count). The van der Waals surface area contributed by atoms with Gasteiger partial charge in [-0.3, -0.25) is 14.5 Å². The molecule has 0 spiro atoms. The highest BCUT2D eigenvalue weighted by atomic mass is 32.1. The zero-order chi connectivity index (χ0) is 29.2. The van der Waals surface area contributed by atoms with Crippen molar-refractivity contribution in [3.63, 3.8) is 0 Å². The first-order valence-electron chi connectivity index (χ1n) is 14.0. The number of unbranched alkanes of at least 4 members (excludes halogenated alkanes) is 1. The molecule has 1 aromatic heterocycles. The fraction of sp³-hybridized carbons (Fsp3) is 0.281. The molecule has 3 aromatic carbocycles. The Hall–Kier alpha value is -4.57. The van der Waals surface area contributed by atoms with Gasteiger partial charge in [-0.2, -0.15) is 0 Å². The first kappa shape index (κ1) is 27.6. The van der Waals surface area contributed by atoms with Crippen LogP contribution >= 0.6 is 11.3 Å². The summed E-state index contributed by atoms with van der Waals surface area (Å²) in [6, 6.07) is 16.8. The van der Waals surface area contributed by atoms with Gasteiger partial charge in [0.25, 0.3) is 5.78 Å². The molecule has 0 bridgehead atoms. The monoisotopic (exact) mass is 586 g/mol. The van der Waals surface area contributed by atoms with Crippen molar-refractivity contribution in [2.45, 2.75) is 32.7 Å². The lowest BCUT2D eigenvalue weighted by Gasteiger charge is -2.24. The van der Waals surface area contributed by atoms with Crippen molar-refractivity contribution >= 4 is 44.1 Å². The molecular weight excluding hydrogens is 556 g/mol. The summed E-state index contributed by atoms with van der Waals surface area (Å²) in [4.78, 5) is 33.5. The van der Waals surface area contributed by atoms with Crippen molar-refractivity contribution in [3.8, 4) is 23.0 Å². The number of carbonyl (C=O) groups excluding carboxylic acids is 2. The smallest absolute Gasteiger partial charge is 0.301 e. The molecule has 2 aliphatic heterocycles. The SMILES string of the molecule is CCCCOc1cccc(C2/C(=C(/O)c3ccc4c(c3)OCCO4)C(=O)C(=O)N2c2nc3ccc(OCC)cc3s2)c1. The van der Waals surface area contributed by atoms with Crippen LogP contribution in [0.5, 0.6) is 23.0 Å². The number of hydrogen-bond acceptors (Lipinski definition) is 9. The van der Waals surface area contributed by atoms with Crippen LogP contribution in [0.1, 0.15) is 43.9 Å². The van der Waals surface area contributed by atoms with Crippen LogP contribution in [0.25, 0.3) is 16.0 Å². The minimum atomic E-state index is -0.945. The first-order chi connectivity index (χ1) is 20.5. The Balaban J connectivity index is 1.49. The number of Topliss-reactive ketones (excluding diaryl/α,β-unsaturated/α-hetero) is 1. The Morgan fingerprint density at radius 2 is 1.81 bits per heavy atom. The minimum Gasteiger partial charge on any atom is -0.507 e. The number of rotatable bonds is 9. The standard InChI is InChI=1S/C32H30N2O7S/c1-3-5-13-39-21-8-6-7-19(16-21)28-27(29(35)20-9-12-24-25(17-20)41-15-14-40-24)30(36)31(37)34(28)32-33-23-11-10-22(38-4-2)18-26(23)42-32/h6-12,16-18,28,35H,3-5,13-15H2,1-2H3/b29-27-. The largest absolute Gasteiger partial charge is 0.507 e. The lowest BCUT2D eigenvalue weighted by molar-refractivity contribution is -0.132. The molecule has 0 saturated carbocycles. The van der Waals surface area contributed by atoms with Gasteiger partial charge in [0.2, 0.25) is 0 Å². The summed E-state index contributed by atoms with van der Waals surface area (Å²) >= 11 is 1.28. The average molecular weight is 587 g/mol. The van der Waals surface area contributed by atoms with Crippen molar-refractivity contribution in [2.75, 3.05) is 31.3 Å². The molecule has 216 valence electrons. The third-order valence-corrected chi connectivity index (χ3v) is 8.08. The number of aliphatic hydroxyl groups is 1. The number of thiazole rings is 1. The van der Waals surface area contributed by atoms with Gasteiger partial charge in [-0.15, -0.1) is 0 Å². The van der Waals surface area contributed by atoms with Gasteiger partial charge in [0.1, 0.15) is 30.5 Å². The molecule has 4 aromatic rings. The molecule has 3 heterocycles. The molecule has 1 fully saturated rings. The molecule has 10 heteroatoms. The normalized spacial score (nSPS) is 17.6. The Morgan fingerprint density at radius 1 is 1.00 bits per heavy atom. The van der Waals surface area contributed by atoms with E-state index in [1.807, 2.05) is 43.3 Å². The molecule has 1 saturated heterocycles. The van der Waals surface area contributed by atoms with E-state index in [2.05, 4.69) is 6.92 Å². The predicted molar refractivity (Wildman–Crippen MR) is 160 cm³/mol. The van der Waals surface area contributed by atoms with Crippen LogP contribution in [0.15, 0.2) is 66.2 Å². The second-order valence-electron chi connectivity index (χ2n) is 9.86. The summed E-state index contributed by atoms with van der Waals surface area (Å²) in [6.07, 6.45) is 1.88. The number of anilines is 1. The van der Waals surface area contributed by atoms with E-state index in [-0.39, 0.29) is 11.3 Å². The summed E-state index contributed by atoms with van der Waals surface area (Å²) < 4.78 is 23.7. The second-order valence-corrected chi connectivity index (χ2v) is 10.9. The fourth-order valence-corrected chi connectivity index (χ4v) is 6.07. The highest BCUT2D eigenvalue weighted by molar-refractivity contribution is 7.22. The molecule has 0 radical (unpaired) electrons. The zero-order valence-corrected chi connectivity index (χ0v) is 24.1. The molecule has 0 aliphatic carbocycles. The number of hydrogen-bond donors (Lipinski definition) is 1. The van der Waals surface area contributed by atoms with E-state index < -0.39 is 17.7 Å². The highest BCUT2D eigenvalue weighted by Gasteiger charge is 2.48. The van der Waals surface area contributed by atoms with Crippen LogP contribution < -0.4 is 23.8 Å². The zero-order valence-electron chi connectivity index (χ0n) is 23.3. The fourth-order valence-electron chi connectivity index (χ4n) is 5.05. The van der Waals surface area contributed by atoms with Crippen LogP contribution in [-0.4, -0.2) is 48.2 Å². The summed E-state index contributed by atoms with van der Waals surface area (Å²) in [5.74, 6) is 0.409. The van der Waals surface area contributed by atoms with E-state index in [9.17, 15) is 14.7 Å². The summed E-state index contributed by atoms with van der Waals surface area (Å²) in [6.45, 7) is 5.84. The van der Waals surface area contributed by atoms with Crippen LogP contribution in [0.4, 0.5) is 5.13 Å². The number of ketones is 1. The van der Waals surface area contributed by atoms with Crippen LogP contribution in [0.3, 0.4) is 0 Å². The Bertz CT molecular complexity index is 1700. The molecule has 1 amide bonds. The lowest BCUT2D eigenvalue weighted by atomic mass is 9.95. The van der Waals surface area contributed by atoms with Crippen molar-refractivity contribution < 1.29 is 33.6 Å². The number of aliphatic hydroxyl groups excluding tert-OH is 1. The minimum absolute atomic E-state index is 0.0448. The lowest BCUT2D eigenvalue weighted by Crippen LogP contribution is -2.29. The molecule has 1 atom stereocenters. The number of fused-ring (bicyclic) bond motifs is 2. The number of aromatic nitrogens is 1. The van der Waals surface area contributed by atoms with Gasteiger partial charge >= 0.3 is 5.91 Å². The predicted octanol–water partition coefficient (Wildman–Crippen LogP) is 6.27. The van der Waals surface area contributed by atoms with E-state index >= 15 is 0 Å². The molecular formula is C32H30N2O7S. The molecule has 1 unspecified atom stereocenters. The molecule has 42 heavy (non-hydrogen) atoms. The van der Waals surface area contributed by atoms with Crippen LogP contribution in [0.2, 0.25) is 0 Å². The number of amides is 1. The number of ether oxygens (including phenoxy) is 4. The van der Waals surface area contributed by atoms with E-state index in [0.29, 0.717) is 71.2 Å². The van der Waals surface area contributed by atoms with Gasteiger partial charge < -0.3 is 24.1 Å². The maximum Gasteiger partial charge on any atom is 0.301 e. The van der Waals surface area contributed by atoms with E-state index in [4.69, 9.17) is 23.9 Å². The van der Waals surface area contributed by atoms with Crippen LogP contribution in [-0.2, 0) is 9.59 Å². The van der Waals surface area contributed by atoms with Crippen molar-refractivity contribution in [2.24, 2.45) is 0 Å². The average Bonchev–Trinajstić information content (AvgIpc) is 3.54. The van der Waals surface area contributed by atoms with E-state index in [1.54, 1.807) is 24.3 Å². The van der Waals surface area contributed by atoms with E-state index in [0.717, 1.165) is 17.5 Å². The Labute approximate surface area is 246 Å². The van der Waals surface area contributed by atoms with Crippen molar-refractivity contribution in [1.29, 1.82) is 0 Å². The Morgan fingerprint density at radius 3 is 2.62 bits per heavy atom. The number of carbonyl (C=O) groups is 2. The molecule has 9 nitrogen and oxygen atoms in total. The van der Waals surface area contributed by atoms with Gasteiger partial charge in [-0.1, -0.05) is 36.8 Å². The van der Waals surface area contributed by atoms with Crippen molar-refractivity contribution in [3.05, 3.63) is 77.4 Å². The maximum absolute atomic E-state index is 13.7. The quantitative estimate of drug-likeness (QED) is 0.106. The van der Waals surface area contributed by atoms with E-state index in [1.165, 1.54) is 16.2 Å². The second kappa shape index (κ2) is 11.7. The number of benzene rings is 3. The molecule has 2 aliphatic rings. The van der Waals surface area contributed by atoms with Gasteiger partial charge in [0.15, 0.2) is 16.6 Å². The topological polar surface area (TPSA) is 107 Å².